The second-order valence-corrected chi connectivity index (χ2v) is 9.16. The van der Waals surface area contributed by atoms with Crippen LogP contribution in [0.2, 0.25) is 0 Å². The molecule has 5 rings (SSSR count). The molecule has 7 heteroatoms. The van der Waals surface area contributed by atoms with Crippen LogP contribution in [0.25, 0.3) is 11.3 Å². The molecular formula is C20H20N4O2S. The molecule has 2 aliphatic rings. The van der Waals surface area contributed by atoms with Crippen LogP contribution in [0.15, 0.2) is 53.4 Å². The summed E-state index contributed by atoms with van der Waals surface area (Å²) in [6, 6.07) is 15.6. The van der Waals surface area contributed by atoms with Crippen LogP contribution in [0.5, 0.6) is 0 Å². The minimum Gasteiger partial charge on any atom is -0.240 e. The van der Waals surface area contributed by atoms with Crippen molar-refractivity contribution in [3.05, 3.63) is 65.4 Å². The Bertz CT molecular complexity index is 1120. The van der Waals surface area contributed by atoms with E-state index in [0.29, 0.717) is 17.0 Å². The first-order chi connectivity index (χ1) is 13.0. The lowest BCUT2D eigenvalue weighted by atomic mass is 10.1. The molecule has 3 aromatic rings. The van der Waals surface area contributed by atoms with Gasteiger partial charge >= 0.3 is 0 Å². The predicted molar refractivity (Wildman–Crippen MR) is 101 cm³/mol. The lowest BCUT2D eigenvalue weighted by molar-refractivity contribution is 0.396. The van der Waals surface area contributed by atoms with Gasteiger partial charge in [0.2, 0.25) is 10.0 Å². The van der Waals surface area contributed by atoms with Crippen molar-refractivity contribution in [2.75, 3.05) is 0 Å². The van der Waals surface area contributed by atoms with Crippen molar-refractivity contribution in [2.24, 2.45) is 0 Å². The molecule has 0 bridgehead atoms. The zero-order valence-electron chi connectivity index (χ0n) is 15.0. The maximum absolute atomic E-state index is 13.2. The fourth-order valence-electron chi connectivity index (χ4n) is 3.66. The van der Waals surface area contributed by atoms with E-state index in [9.17, 15) is 8.42 Å². The Morgan fingerprint density at radius 3 is 2.56 bits per heavy atom. The molecule has 0 N–H and O–H groups in total. The molecule has 0 atom stereocenters. The van der Waals surface area contributed by atoms with E-state index in [4.69, 9.17) is 0 Å². The van der Waals surface area contributed by atoms with E-state index in [0.717, 1.165) is 29.8 Å². The average molecular weight is 380 g/mol. The molecule has 0 saturated heterocycles. The summed E-state index contributed by atoms with van der Waals surface area (Å²) in [6.07, 6.45) is 1.82. The number of fused-ring (bicyclic) bond motifs is 3. The van der Waals surface area contributed by atoms with Gasteiger partial charge in [0.1, 0.15) is 5.69 Å². The lowest BCUT2D eigenvalue weighted by Crippen LogP contribution is -2.32. The first kappa shape index (κ1) is 16.6. The van der Waals surface area contributed by atoms with Gasteiger partial charge in [0.25, 0.3) is 0 Å². The van der Waals surface area contributed by atoms with Crippen LogP contribution in [-0.4, -0.2) is 33.8 Å². The van der Waals surface area contributed by atoms with Crippen LogP contribution in [0, 0.1) is 6.92 Å². The fraction of sp³-hybridized carbons (Fsp3) is 0.300. The molecule has 2 aromatic carbocycles. The summed E-state index contributed by atoms with van der Waals surface area (Å²) in [4.78, 5) is 0.350. The van der Waals surface area contributed by atoms with Crippen molar-refractivity contribution in [3.8, 4) is 11.3 Å². The number of nitrogens with zero attached hydrogens (tertiary/aromatic N) is 4. The van der Waals surface area contributed by atoms with E-state index in [2.05, 4.69) is 41.5 Å². The molecule has 6 nitrogen and oxygen atoms in total. The van der Waals surface area contributed by atoms with E-state index < -0.39 is 10.0 Å². The SMILES string of the molecule is Cc1ccc(Cn2nnc3c2-c2ccccc2S(=O)(=O)N(C2CC2)C3)cc1. The van der Waals surface area contributed by atoms with Crippen LogP contribution < -0.4 is 0 Å². The molecule has 1 saturated carbocycles. The molecule has 27 heavy (non-hydrogen) atoms. The monoisotopic (exact) mass is 380 g/mol. The first-order valence-corrected chi connectivity index (χ1v) is 10.6. The fourth-order valence-corrected chi connectivity index (χ4v) is 5.50. The molecule has 1 aliphatic heterocycles. The van der Waals surface area contributed by atoms with Gasteiger partial charge in [-0.25, -0.2) is 13.1 Å². The third kappa shape index (κ3) is 2.78. The van der Waals surface area contributed by atoms with Crippen LogP contribution in [0.1, 0.15) is 29.7 Å². The number of hydrogen-bond donors (Lipinski definition) is 0. The minimum atomic E-state index is -3.54. The van der Waals surface area contributed by atoms with Gasteiger partial charge < -0.3 is 0 Å². The van der Waals surface area contributed by atoms with Gasteiger partial charge in [-0.05, 0) is 31.4 Å². The third-order valence-electron chi connectivity index (χ3n) is 5.25. The number of aryl methyl sites for hydroxylation is 1. The highest BCUT2D eigenvalue weighted by Crippen LogP contribution is 2.40. The van der Waals surface area contributed by atoms with Gasteiger partial charge in [-0.3, -0.25) is 0 Å². The lowest BCUT2D eigenvalue weighted by Gasteiger charge is -2.19. The topological polar surface area (TPSA) is 68.1 Å². The van der Waals surface area contributed by atoms with E-state index in [1.807, 2.05) is 16.8 Å². The van der Waals surface area contributed by atoms with Crippen molar-refractivity contribution in [3.63, 3.8) is 0 Å². The smallest absolute Gasteiger partial charge is 0.240 e. The Morgan fingerprint density at radius 2 is 1.81 bits per heavy atom. The van der Waals surface area contributed by atoms with Crippen LogP contribution in [-0.2, 0) is 23.1 Å². The summed E-state index contributed by atoms with van der Waals surface area (Å²) in [5.41, 5.74) is 4.53. The molecular weight excluding hydrogens is 360 g/mol. The molecule has 0 unspecified atom stereocenters. The normalized spacial score (nSPS) is 18.6. The number of rotatable bonds is 3. The van der Waals surface area contributed by atoms with E-state index in [-0.39, 0.29) is 12.6 Å². The highest BCUT2D eigenvalue weighted by Gasteiger charge is 2.42. The molecule has 138 valence electrons. The molecule has 0 radical (unpaired) electrons. The van der Waals surface area contributed by atoms with Gasteiger partial charge in [-0.15, -0.1) is 5.10 Å². The second kappa shape index (κ2) is 6.00. The van der Waals surface area contributed by atoms with Crippen molar-refractivity contribution >= 4 is 10.0 Å². The summed E-state index contributed by atoms with van der Waals surface area (Å²) < 4.78 is 29.9. The number of sulfonamides is 1. The van der Waals surface area contributed by atoms with Crippen LogP contribution in [0.4, 0.5) is 0 Å². The van der Waals surface area contributed by atoms with Crippen molar-refractivity contribution in [1.29, 1.82) is 0 Å². The summed E-state index contributed by atoms with van der Waals surface area (Å²) in [6.45, 7) is 2.89. The van der Waals surface area contributed by atoms with E-state index >= 15 is 0 Å². The third-order valence-corrected chi connectivity index (χ3v) is 7.20. The summed E-state index contributed by atoms with van der Waals surface area (Å²) in [5.74, 6) is 0. The van der Waals surface area contributed by atoms with Gasteiger partial charge in [-0.2, -0.15) is 4.31 Å². The summed E-state index contributed by atoms with van der Waals surface area (Å²) in [7, 11) is -3.54. The zero-order chi connectivity index (χ0) is 18.6. The Labute approximate surface area is 158 Å². The standard InChI is InChI=1S/C20H20N4O2S/c1-14-6-8-15(9-7-14)12-23-20-17-4-2-3-5-19(17)27(25,26)24(16-10-11-16)13-18(20)21-22-23/h2-9,16H,10-13H2,1H3. The average Bonchev–Trinajstić information content (AvgIpc) is 3.43. The number of aromatic nitrogens is 3. The quantitative estimate of drug-likeness (QED) is 0.701. The Balaban J connectivity index is 1.66. The van der Waals surface area contributed by atoms with E-state index in [1.54, 1.807) is 16.4 Å². The predicted octanol–water partition coefficient (Wildman–Crippen LogP) is 2.97. The second-order valence-electron chi connectivity index (χ2n) is 7.31. The molecule has 0 spiro atoms. The van der Waals surface area contributed by atoms with Crippen molar-refractivity contribution in [1.82, 2.24) is 19.3 Å². The highest BCUT2D eigenvalue weighted by atomic mass is 32.2. The highest BCUT2D eigenvalue weighted by molar-refractivity contribution is 7.89. The van der Waals surface area contributed by atoms with E-state index in [1.165, 1.54) is 5.56 Å². The molecule has 1 aliphatic carbocycles. The Morgan fingerprint density at radius 1 is 1.07 bits per heavy atom. The number of hydrogen-bond acceptors (Lipinski definition) is 4. The maximum Gasteiger partial charge on any atom is 0.244 e. The summed E-state index contributed by atoms with van der Waals surface area (Å²) in [5, 5.41) is 8.73. The van der Waals surface area contributed by atoms with Crippen LogP contribution >= 0.6 is 0 Å². The number of benzene rings is 2. The Hall–Kier alpha value is -2.51. The minimum absolute atomic E-state index is 0.0799. The first-order valence-electron chi connectivity index (χ1n) is 9.13. The van der Waals surface area contributed by atoms with Crippen molar-refractivity contribution in [2.45, 2.75) is 43.8 Å². The van der Waals surface area contributed by atoms with Crippen LogP contribution in [0.3, 0.4) is 0 Å². The van der Waals surface area contributed by atoms with Gasteiger partial charge in [-0.1, -0.05) is 53.2 Å². The Kier molecular flexibility index (Phi) is 3.70. The van der Waals surface area contributed by atoms with Gasteiger partial charge in [0.15, 0.2) is 0 Å². The van der Waals surface area contributed by atoms with Gasteiger partial charge in [0.05, 0.1) is 23.7 Å². The molecule has 1 aromatic heterocycles. The zero-order valence-corrected chi connectivity index (χ0v) is 15.9. The largest absolute Gasteiger partial charge is 0.244 e. The molecule has 2 heterocycles. The summed E-state index contributed by atoms with van der Waals surface area (Å²) >= 11 is 0. The molecule has 0 amide bonds. The van der Waals surface area contributed by atoms with Crippen molar-refractivity contribution < 1.29 is 8.42 Å². The maximum atomic E-state index is 13.2. The van der Waals surface area contributed by atoms with Gasteiger partial charge in [0, 0.05) is 11.6 Å². The molecule has 1 fully saturated rings.